The molecule has 0 amide bonds. The van der Waals surface area contributed by atoms with Gasteiger partial charge in [-0.2, -0.15) is 0 Å². The van der Waals surface area contributed by atoms with Crippen LogP contribution >= 0.6 is 0 Å². The summed E-state index contributed by atoms with van der Waals surface area (Å²) in [6, 6.07) is 0. The number of hydrogen-bond acceptors (Lipinski definition) is 6. The van der Waals surface area contributed by atoms with Crippen LogP contribution in [0.1, 0.15) is 342 Å². The number of allylic oxidation sites excluding steroid dienone is 10. The van der Waals surface area contributed by atoms with Gasteiger partial charge in [-0.3, -0.25) is 14.4 Å². The van der Waals surface area contributed by atoms with Crippen LogP contribution in [0.3, 0.4) is 0 Å². The van der Waals surface area contributed by atoms with Gasteiger partial charge in [0.2, 0.25) is 0 Å². The topological polar surface area (TPSA) is 78.9 Å². The van der Waals surface area contributed by atoms with Crippen LogP contribution in [0.15, 0.2) is 60.8 Å². The molecule has 6 heteroatoms. The van der Waals surface area contributed by atoms with Crippen molar-refractivity contribution in [2.75, 3.05) is 13.2 Å². The second-order valence-electron chi connectivity index (χ2n) is 22.0. The van der Waals surface area contributed by atoms with Crippen molar-refractivity contribution in [3.63, 3.8) is 0 Å². The lowest BCUT2D eigenvalue weighted by molar-refractivity contribution is -0.167. The molecule has 0 rings (SSSR count). The first-order valence-corrected chi connectivity index (χ1v) is 32.8. The van der Waals surface area contributed by atoms with E-state index in [4.69, 9.17) is 14.2 Å². The standard InChI is InChI=1S/C69H124O6/c1-4-7-10-13-15-17-19-21-23-25-27-28-29-30-31-32-33-34-35-36-37-38-39-40-42-43-45-47-49-51-53-56-59-62-68(71)74-65-66(64-73-67(70)61-58-55-12-9-6-3)75-69(72)63-60-57-54-52-50-48-46-44-41-26-24-22-20-18-16-14-11-8-5-2/h8,11,16,18,22,24,41,44,48,50,66H,4-7,9-10,12-15,17,19-21,23,25-40,42-43,45-47,49,51-65H2,1-3H3/b11-8-,18-16-,24-22-,44-41-,50-48-. The predicted molar refractivity (Wildman–Crippen MR) is 325 cm³/mol. The molecule has 0 heterocycles. The maximum Gasteiger partial charge on any atom is 0.306 e. The third-order valence-corrected chi connectivity index (χ3v) is 14.5. The summed E-state index contributed by atoms with van der Waals surface area (Å²) < 4.78 is 16.7. The maximum atomic E-state index is 12.8. The monoisotopic (exact) mass is 1050 g/mol. The van der Waals surface area contributed by atoms with Gasteiger partial charge in [0.25, 0.3) is 0 Å². The molecule has 0 N–H and O–H groups in total. The fourth-order valence-electron chi connectivity index (χ4n) is 9.65. The van der Waals surface area contributed by atoms with Crippen molar-refractivity contribution in [3.05, 3.63) is 60.8 Å². The van der Waals surface area contributed by atoms with E-state index in [1.807, 2.05) is 0 Å². The second kappa shape index (κ2) is 63.6. The summed E-state index contributed by atoms with van der Waals surface area (Å²) in [5, 5.41) is 0. The molecule has 75 heavy (non-hydrogen) atoms. The minimum absolute atomic E-state index is 0.0852. The largest absolute Gasteiger partial charge is 0.462 e. The Bertz CT molecular complexity index is 1340. The van der Waals surface area contributed by atoms with Gasteiger partial charge in [-0.15, -0.1) is 0 Å². The van der Waals surface area contributed by atoms with Gasteiger partial charge >= 0.3 is 17.9 Å². The van der Waals surface area contributed by atoms with E-state index in [1.165, 1.54) is 199 Å². The first kappa shape index (κ1) is 72.1. The molecule has 0 aromatic heterocycles. The Morgan fingerprint density at radius 3 is 0.813 bits per heavy atom. The number of hydrogen-bond donors (Lipinski definition) is 0. The normalized spacial score (nSPS) is 12.4. The molecular formula is C69H124O6. The molecule has 1 atom stereocenters. The molecule has 0 saturated carbocycles. The molecule has 0 aliphatic rings. The van der Waals surface area contributed by atoms with E-state index < -0.39 is 6.10 Å². The minimum atomic E-state index is -0.787. The predicted octanol–water partition coefficient (Wildman–Crippen LogP) is 22.3. The molecule has 1 unspecified atom stereocenters. The Kier molecular flexibility index (Phi) is 61.2. The molecule has 0 radical (unpaired) electrons. The van der Waals surface area contributed by atoms with Crippen LogP contribution in [0.25, 0.3) is 0 Å². The van der Waals surface area contributed by atoms with Gasteiger partial charge in [-0.1, -0.05) is 319 Å². The summed E-state index contributed by atoms with van der Waals surface area (Å²) in [5.74, 6) is -0.919. The molecule has 6 nitrogen and oxygen atoms in total. The van der Waals surface area contributed by atoms with E-state index in [-0.39, 0.29) is 31.1 Å². The average molecular weight is 1050 g/mol. The summed E-state index contributed by atoms with van der Waals surface area (Å²) in [6.45, 7) is 6.45. The zero-order valence-electron chi connectivity index (χ0n) is 50.1. The molecule has 0 saturated heterocycles. The third kappa shape index (κ3) is 61.8. The van der Waals surface area contributed by atoms with Crippen molar-refractivity contribution < 1.29 is 28.6 Å². The summed E-state index contributed by atoms with van der Waals surface area (Å²) in [5.41, 5.74) is 0. The molecule has 0 aliphatic heterocycles. The van der Waals surface area contributed by atoms with Crippen LogP contribution < -0.4 is 0 Å². The smallest absolute Gasteiger partial charge is 0.306 e. The van der Waals surface area contributed by atoms with E-state index in [2.05, 4.69) is 81.5 Å². The van der Waals surface area contributed by atoms with Crippen molar-refractivity contribution >= 4 is 17.9 Å². The highest BCUT2D eigenvalue weighted by molar-refractivity contribution is 5.71. The zero-order chi connectivity index (χ0) is 54.3. The number of unbranched alkanes of at least 4 members (excludes halogenated alkanes) is 39. The first-order valence-electron chi connectivity index (χ1n) is 32.8. The molecule has 0 bridgehead atoms. The average Bonchev–Trinajstić information content (AvgIpc) is 3.41. The van der Waals surface area contributed by atoms with E-state index in [1.54, 1.807) is 0 Å². The summed E-state index contributed by atoms with van der Waals surface area (Å²) in [6.07, 6.45) is 81.7. The lowest BCUT2D eigenvalue weighted by Crippen LogP contribution is -2.30. The van der Waals surface area contributed by atoms with E-state index >= 15 is 0 Å². The number of carbonyl (C=O) groups excluding carboxylic acids is 3. The Balaban J connectivity index is 3.93. The van der Waals surface area contributed by atoms with Crippen molar-refractivity contribution in [1.29, 1.82) is 0 Å². The zero-order valence-corrected chi connectivity index (χ0v) is 50.1. The molecule has 0 spiro atoms. The van der Waals surface area contributed by atoms with Gasteiger partial charge < -0.3 is 14.2 Å². The van der Waals surface area contributed by atoms with Crippen LogP contribution in [-0.2, 0) is 28.6 Å². The van der Waals surface area contributed by atoms with Crippen LogP contribution in [-0.4, -0.2) is 37.2 Å². The number of carbonyl (C=O) groups is 3. The number of rotatable bonds is 60. The van der Waals surface area contributed by atoms with Crippen molar-refractivity contribution in [2.24, 2.45) is 0 Å². The van der Waals surface area contributed by atoms with Crippen molar-refractivity contribution in [1.82, 2.24) is 0 Å². The molecule has 0 aromatic rings. The highest BCUT2D eigenvalue weighted by atomic mass is 16.6. The Morgan fingerprint density at radius 1 is 0.280 bits per heavy atom. The van der Waals surface area contributed by atoms with Crippen molar-refractivity contribution in [2.45, 2.75) is 348 Å². The van der Waals surface area contributed by atoms with Crippen LogP contribution in [0, 0.1) is 0 Å². The molecular weight excluding hydrogens is 925 g/mol. The van der Waals surface area contributed by atoms with Crippen LogP contribution in [0.2, 0.25) is 0 Å². The van der Waals surface area contributed by atoms with Gasteiger partial charge in [0.15, 0.2) is 6.10 Å². The second-order valence-corrected chi connectivity index (χ2v) is 22.0. The van der Waals surface area contributed by atoms with Gasteiger partial charge in [-0.05, 0) is 64.2 Å². The number of esters is 3. The van der Waals surface area contributed by atoms with Gasteiger partial charge in [0.1, 0.15) is 13.2 Å². The minimum Gasteiger partial charge on any atom is -0.462 e. The fraction of sp³-hybridized carbons (Fsp3) is 0.812. The molecule has 0 aromatic carbocycles. The van der Waals surface area contributed by atoms with Gasteiger partial charge in [0, 0.05) is 19.3 Å². The Hall–Kier alpha value is -2.89. The third-order valence-electron chi connectivity index (χ3n) is 14.5. The summed E-state index contributed by atoms with van der Waals surface area (Å²) in [7, 11) is 0. The maximum absolute atomic E-state index is 12.8. The first-order chi connectivity index (χ1) is 37.0. The Labute approximate surface area is 466 Å². The molecule has 436 valence electrons. The molecule has 0 aliphatic carbocycles. The van der Waals surface area contributed by atoms with E-state index in [0.29, 0.717) is 19.3 Å². The van der Waals surface area contributed by atoms with Crippen molar-refractivity contribution in [3.8, 4) is 0 Å². The lowest BCUT2D eigenvalue weighted by Gasteiger charge is -2.18. The van der Waals surface area contributed by atoms with Gasteiger partial charge in [-0.25, -0.2) is 0 Å². The lowest BCUT2D eigenvalue weighted by atomic mass is 10.0. The summed E-state index contributed by atoms with van der Waals surface area (Å²) in [4.78, 5) is 37.9. The van der Waals surface area contributed by atoms with Gasteiger partial charge in [0.05, 0.1) is 0 Å². The fourth-order valence-corrected chi connectivity index (χ4v) is 9.65. The number of ether oxygens (including phenoxy) is 3. The SMILES string of the molecule is CC/C=C\C/C=C\C/C=C\C/C=C\C/C=C\CCCCCC(=O)OC(COC(=O)CCCCCCC)COC(=O)CCCCCCCCCCCCCCCCCCCCCCCCCCCCCCCCCCC. The Morgan fingerprint density at radius 2 is 0.520 bits per heavy atom. The highest BCUT2D eigenvalue weighted by Gasteiger charge is 2.19. The summed E-state index contributed by atoms with van der Waals surface area (Å²) >= 11 is 0. The quantitative estimate of drug-likeness (QED) is 0.0261. The molecule has 0 fully saturated rings. The van der Waals surface area contributed by atoms with E-state index in [9.17, 15) is 14.4 Å². The van der Waals surface area contributed by atoms with Crippen LogP contribution in [0.5, 0.6) is 0 Å². The van der Waals surface area contributed by atoms with E-state index in [0.717, 1.165) is 103 Å². The van der Waals surface area contributed by atoms with Crippen LogP contribution in [0.4, 0.5) is 0 Å². The highest BCUT2D eigenvalue weighted by Crippen LogP contribution is 2.18.